The monoisotopic (exact) mass is 301 g/mol. The van der Waals surface area contributed by atoms with Gasteiger partial charge in [-0.2, -0.15) is 0 Å². The summed E-state index contributed by atoms with van der Waals surface area (Å²) in [4.78, 5) is 40.4. The van der Waals surface area contributed by atoms with Crippen LogP contribution >= 0.6 is 0 Å². The lowest BCUT2D eigenvalue weighted by atomic mass is 10.0. The molecule has 1 aromatic rings. The van der Waals surface area contributed by atoms with Crippen LogP contribution in [0.1, 0.15) is 44.9 Å². The fourth-order valence-corrected chi connectivity index (χ4v) is 3.01. The first-order valence-electron chi connectivity index (χ1n) is 7.51. The molecule has 6 nitrogen and oxygen atoms in total. The van der Waals surface area contributed by atoms with Crippen molar-refractivity contribution in [2.24, 2.45) is 0 Å². The summed E-state index contributed by atoms with van der Waals surface area (Å²) in [5, 5.41) is 2.25. The van der Waals surface area contributed by atoms with Gasteiger partial charge in [0.1, 0.15) is 0 Å². The zero-order valence-corrected chi connectivity index (χ0v) is 12.8. The van der Waals surface area contributed by atoms with E-state index in [2.05, 4.69) is 24.1 Å². The highest BCUT2D eigenvalue weighted by Crippen LogP contribution is 2.22. The molecule has 2 heterocycles. The first kappa shape index (κ1) is 14.7. The second-order valence-corrected chi connectivity index (χ2v) is 5.93. The molecule has 0 aliphatic carbocycles. The molecule has 0 spiro atoms. The van der Waals surface area contributed by atoms with Gasteiger partial charge in [0.15, 0.2) is 0 Å². The van der Waals surface area contributed by atoms with Crippen molar-refractivity contribution in [3.05, 3.63) is 34.9 Å². The van der Waals surface area contributed by atoms with Gasteiger partial charge in [0.05, 0.1) is 16.7 Å². The Morgan fingerprint density at radius 2 is 1.77 bits per heavy atom. The van der Waals surface area contributed by atoms with Crippen molar-refractivity contribution >= 4 is 17.7 Å². The summed E-state index contributed by atoms with van der Waals surface area (Å²) < 4.78 is 0. The van der Waals surface area contributed by atoms with E-state index in [9.17, 15) is 14.4 Å². The molecule has 0 aromatic heterocycles. The van der Waals surface area contributed by atoms with Crippen LogP contribution in [0, 0.1) is 0 Å². The predicted octanol–water partition coefficient (Wildman–Crippen LogP) is 0.736. The molecule has 1 fully saturated rings. The van der Waals surface area contributed by atoms with Gasteiger partial charge in [-0.25, -0.2) is 0 Å². The normalized spacial score (nSPS) is 18.6. The third kappa shape index (κ3) is 2.39. The number of nitrogens with zero attached hydrogens (tertiary/aromatic N) is 2. The molecule has 0 atom stereocenters. The Hall–Kier alpha value is -2.21. The van der Waals surface area contributed by atoms with Crippen LogP contribution in [-0.2, 0) is 0 Å². The summed E-state index contributed by atoms with van der Waals surface area (Å²) in [6.07, 6.45) is 0. The SMILES string of the molecule is CC(C)N1CCN(C(=O)c2cccc3c2C(=O)NC3=O)CC1. The maximum Gasteiger partial charge on any atom is 0.259 e. The van der Waals surface area contributed by atoms with E-state index in [1.807, 2.05) is 0 Å². The number of hydrogen-bond acceptors (Lipinski definition) is 4. The Labute approximate surface area is 129 Å². The van der Waals surface area contributed by atoms with Gasteiger partial charge in [0, 0.05) is 32.2 Å². The van der Waals surface area contributed by atoms with Crippen molar-refractivity contribution in [1.29, 1.82) is 0 Å². The third-order valence-corrected chi connectivity index (χ3v) is 4.33. The number of carbonyl (C=O) groups excluding carboxylic acids is 3. The summed E-state index contributed by atoms with van der Waals surface area (Å²) in [7, 11) is 0. The second kappa shape index (κ2) is 5.53. The van der Waals surface area contributed by atoms with Crippen molar-refractivity contribution in [2.75, 3.05) is 26.2 Å². The highest BCUT2D eigenvalue weighted by atomic mass is 16.2. The number of amides is 3. The number of nitrogens with one attached hydrogen (secondary N) is 1. The summed E-state index contributed by atoms with van der Waals surface area (Å²) in [5.41, 5.74) is 0.819. The van der Waals surface area contributed by atoms with Crippen LogP contribution in [-0.4, -0.2) is 59.7 Å². The molecule has 0 saturated carbocycles. The highest BCUT2D eigenvalue weighted by Gasteiger charge is 2.33. The van der Waals surface area contributed by atoms with Gasteiger partial charge >= 0.3 is 0 Å². The predicted molar refractivity (Wildman–Crippen MR) is 80.9 cm³/mol. The van der Waals surface area contributed by atoms with Gasteiger partial charge in [-0.3, -0.25) is 24.6 Å². The van der Waals surface area contributed by atoms with Crippen LogP contribution in [0.5, 0.6) is 0 Å². The topological polar surface area (TPSA) is 69.7 Å². The van der Waals surface area contributed by atoms with Crippen LogP contribution in [0.4, 0.5) is 0 Å². The minimum Gasteiger partial charge on any atom is -0.336 e. The lowest BCUT2D eigenvalue weighted by Gasteiger charge is -2.37. The van der Waals surface area contributed by atoms with Crippen LogP contribution in [0.2, 0.25) is 0 Å². The first-order valence-corrected chi connectivity index (χ1v) is 7.51. The van der Waals surface area contributed by atoms with E-state index >= 15 is 0 Å². The molecule has 1 saturated heterocycles. The van der Waals surface area contributed by atoms with Gasteiger partial charge in [-0.05, 0) is 26.0 Å². The highest BCUT2D eigenvalue weighted by molar-refractivity contribution is 6.25. The lowest BCUT2D eigenvalue weighted by Crippen LogP contribution is -2.50. The Balaban J connectivity index is 1.83. The van der Waals surface area contributed by atoms with Crippen molar-refractivity contribution in [2.45, 2.75) is 19.9 Å². The molecule has 1 aromatic carbocycles. The Kier molecular flexibility index (Phi) is 3.70. The van der Waals surface area contributed by atoms with E-state index in [0.29, 0.717) is 24.7 Å². The number of rotatable bonds is 2. The maximum atomic E-state index is 12.7. The molecular weight excluding hydrogens is 282 g/mol. The summed E-state index contributed by atoms with van der Waals surface area (Å²) in [5.74, 6) is -1.09. The molecule has 3 amide bonds. The number of imide groups is 1. The van der Waals surface area contributed by atoms with Crippen LogP contribution in [0.15, 0.2) is 18.2 Å². The lowest BCUT2D eigenvalue weighted by molar-refractivity contribution is 0.0592. The fraction of sp³-hybridized carbons (Fsp3) is 0.438. The van der Waals surface area contributed by atoms with E-state index < -0.39 is 11.8 Å². The largest absolute Gasteiger partial charge is 0.336 e. The molecule has 6 heteroatoms. The maximum absolute atomic E-state index is 12.7. The average molecular weight is 301 g/mol. The summed E-state index contributed by atoms with van der Waals surface area (Å²) >= 11 is 0. The minimum atomic E-state index is -0.482. The summed E-state index contributed by atoms with van der Waals surface area (Å²) in [6, 6.07) is 5.30. The molecule has 2 aliphatic rings. The van der Waals surface area contributed by atoms with E-state index in [4.69, 9.17) is 0 Å². The van der Waals surface area contributed by atoms with Crippen LogP contribution < -0.4 is 5.32 Å². The van der Waals surface area contributed by atoms with Crippen molar-refractivity contribution in [1.82, 2.24) is 15.1 Å². The zero-order valence-electron chi connectivity index (χ0n) is 12.8. The molecule has 0 bridgehead atoms. The van der Waals surface area contributed by atoms with Crippen molar-refractivity contribution in [3.63, 3.8) is 0 Å². The zero-order chi connectivity index (χ0) is 15.9. The van der Waals surface area contributed by atoms with E-state index in [0.717, 1.165) is 13.1 Å². The number of carbonyl (C=O) groups is 3. The standard InChI is InChI=1S/C16H19N3O3/c1-10(2)18-6-8-19(9-7-18)16(22)12-5-3-4-11-13(12)15(21)17-14(11)20/h3-5,10H,6-9H2,1-2H3,(H,17,20,21). The average Bonchev–Trinajstić information content (AvgIpc) is 2.81. The molecule has 3 rings (SSSR count). The number of fused-ring (bicyclic) bond motifs is 1. The fourth-order valence-electron chi connectivity index (χ4n) is 3.01. The Morgan fingerprint density at radius 3 is 2.41 bits per heavy atom. The number of hydrogen-bond donors (Lipinski definition) is 1. The minimum absolute atomic E-state index is 0.176. The van der Waals surface area contributed by atoms with E-state index in [1.165, 1.54) is 0 Å². The van der Waals surface area contributed by atoms with Gasteiger partial charge in [-0.1, -0.05) is 6.07 Å². The van der Waals surface area contributed by atoms with Gasteiger partial charge in [0.2, 0.25) is 0 Å². The quantitative estimate of drug-likeness (QED) is 0.818. The van der Waals surface area contributed by atoms with Gasteiger partial charge in [-0.15, -0.1) is 0 Å². The molecular formula is C16H19N3O3. The van der Waals surface area contributed by atoms with E-state index in [1.54, 1.807) is 23.1 Å². The molecule has 116 valence electrons. The van der Waals surface area contributed by atoms with Gasteiger partial charge < -0.3 is 4.90 Å². The first-order chi connectivity index (χ1) is 10.5. The van der Waals surface area contributed by atoms with E-state index in [-0.39, 0.29) is 17.0 Å². The molecule has 22 heavy (non-hydrogen) atoms. The molecule has 0 radical (unpaired) electrons. The van der Waals surface area contributed by atoms with Crippen molar-refractivity contribution < 1.29 is 14.4 Å². The van der Waals surface area contributed by atoms with Gasteiger partial charge in [0.25, 0.3) is 17.7 Å². The van der Waals surface area contributed by atoms with Crippen molar-refractivity contribution in [3.8, 4) is 0 Å². The van der Waals surface area contributed by atoms with Crippen LogP contribution in [0.25, 0.3) is 0 Å². The second-order valence-electron chi connectivity index (χ2n) is 5.93. The molecule has 1 N–H and O–H groups in total. The Bertz CT molecular complexity index is 646. The smallest absolute Gasteiger partial charge is 0.259 e. The molecule has 2 aliphatic heterocycles. The van der Waals surface area contributed by atoms with Crippen LogP contribution in [0.3, 0.4) is 0 Å². The number of benzene rings is 1. The summed E-state index contributed by atoms with van der Waals surface area (Å²) in [6.45, 7) is 7.19. The third-order valence-electron chi connectivity index (χ3n) is 4.33. The number of piperazine rings is 1. The Morgan fingerprint density at radius 1 is 1.09 bits per heavy atom. The molecule has 0 unspecified atom stereocenters.